The van der Waals surface area contributed by atoms with E-state index < -0.39 is 0 Å². The molecule has 1 unspecified atom stereocenters. The Morgan fingerprint density at radius 1 is 1.32 bits per heavy atom. The Balaban J connectivity index is 0.00000324. The minimum atomic E-state index is 0. The fourth-order valence-corrected chi connectivity index (χ4v) is 2.62. The summed E-state index contributed by atoms with van der Waals surface area (Å²) in [6.07, 6.45) is 3.18. The highest BCUT2D eigenvalue weighted by Gasteiger charge is 2.33. The normalized spacial score (nSPS) is 23.2. The molecule has 0 aromatic heterocycles. The second-order valence-electron chi connectivity index (χ2n) is 5.86. The van der Waals surface area contributed by atoms with Crippen molar-refractivity contribution in [3.63, 3.8) is 0 Å². The van der Waals surface area contributed by atoms with Crippen molar-refractivity contribution in [2.24, 2.45) is 11.1 Å². The average Bonchev–Trinajstić information content (AvgIpc) is 2.71. The van der Waals surface area contributed by atoms with Crippen LogP contribution < -0.4 is 5.73 Å². The van der Waals surface area contributed by atoms with Crippen molar-refractivity contribution in [1.82, 2.24) is 9.80 Å². The van der Waals surface area contributed by atoms with Gasteiger partial charge in [-0.3, -0.25) is 9.69 Å². The summed E-state index contributed by atoms with van der Waals surface area (Å²) >= 11 is 0. The maximum absolute atomic E-state index is 12.2. The molecule has 2 N–H and O–H groups in total. The summed E-state index contributed by atoms with van der Waals surface area (Å²) in [5.41, 5.74) is 6.00. The quantitative estimate of drug-likeness (QED) is 0.777. The zero-order valence-corrected chi connectivity index (χ0v) is 13.5. The molecule has 1 heterocycles. The summed E-state index contributed by atoms with van der Waals surface area (Å²) in [6.45, 7) is 11.5. The van der Waals surface area contributed by atoms with Gasteiger partial charge in [0.05, 0.1) is 6.54 Å². The molecular weight excluding hydrogens is 262 g/mol. The standard InChI is InChI=1S/C14H29N3O.ClH/c1-4-7-17(8-5-2)13(18)10-16-9-6-14(3,11-15)12-16;/h4-12,15H2,1-3H3;1H. The van der Waals surface area contributed by atoms with E-state index >= 15 is 0 Å². The van der Waals surface area contributed by atoms with Crippen molar-refractivity contribution in [3.05, 3.63) is 0 Å². The molecule has 1 rings (SSSR count). The molecule has 0 spiro atoms. The summed E-state index contributed by atoms with van der Waals surface area (Å²) in [5.74, 6) is 0.278. The summed E-state index contributed by atoms with van der Waals surface area (Å²) < 4.78 is 0. The Bertz CT molecular complexity index is 269. The first-order valence-corrected chi connectivity index (χ1v) is 7.25. The topological polar surface area (TPSA) is 49.6 Å². The molecular formula is C14H30ClN3O. The number of hydrogen-bond donors (Lipinski definition) is 1. The van der Waals surface area contributed by atoms with Gasteiger partial charge in [0.1, 0.15) is 0 Å². The van der Waals surface area contributed by atoms with E-state index in [0.29, 0.717) is 13.1 Å². The number of amides is 1. The second-order valence-corrected chi connectivity index (χ2v) is 5.86. The number of nitrogens with two attached hydrogens (primary N) is 1. The van der Waals surface area contributed by atoms with Gasteiger partial charge in [-0.25, -0.2) is 0 Å². The molecule has 1 atom stereocenters. The molecule has 4 nitrogen and oxygen atoms in total. The van der Waals surface area contributed by atoms with Crippen molar-refractivity contribution < 1.29 is 4.79 Å². The van der Waals surface area contributed by atoms with E-state index in [1.54, 1.807) is 0 Å². The lowest BCUT2D eigenvalue weighted by Gasteiger charge is -2.26. The molecule has 1 aliphatic rings. The van der Waals surface area contributed by atoms with E-state index in [2.05, 4.69) is 25.7 Å². The van der Waals surface area contributed by atoms with Crippen molar-refractivity contribution in [3.8, 4) is 0 Å². The first-order valence-electron chi connectivity index (χ1n) is 7.25. The molecule has 0 aromatic rings. The third-order valence-corrected chi connectivity index (χ3v) is 3.83. The van der Waals surface area contributed by atoms with Crippen LogP contribution >= 0.6 is 12.4 Å². The molecule has 1 saturated heterocycles. The Morgan fingerprint density at radius 3 is 2.32 bits per heavy atom. The van der Waals surface area contributed by atoms with Crippen LogP contribution in [0.25, 0.3) is 0 Å². The van der Waals surface area contributed by atoms with E-state index in [9.17, 15) is 4.79 Å². The van der Waals surface area contributed by atoms with E-state index in [1.807, 2.05) is 4.90 Å². The lowest BCUT2D eigenvalue weighted by molar-refractivity contribution is -0.132. The highest BCUT2D eigenvalue weighted by atomic mass is 35.5. The summed E-state index contributed by atoms with van der Waals surface area (Å²) in [4.78, 5) is 16.5. The zero-order chi connectivity index (χ0) is 13.6. The van der Waals surface area contributed by atoms with Gasteiger partial charge in [0, 0.05) is 19.6 Å². The van der Waals surface area contributed by atoms with Crippen molar-refractivity contribution >= 4 is 18.3 Å². The maximum Gasteiger partial charge on any atom is 0.236 e. The van der Waals surface area contributed by atoms with Crippen LogP contribution in [0.5, 0.6) is 0 Å². The fraction of sp³-hybridized carbons (Fsp3) is 0.929. The van der Waals surface area contributed by atoms with Gasteiger partial charge >= 0.3 is 0 Å². The molecule has 0 saturated carbocycles. The number of carbonyl (C=O) groups excluding carboxylic acids is 1. The van der Waals surface area contributed by atoms with Gasteiger partial charge in [-0.1, -0.05) is 20.8 Å². The Hall–Kier alpha value is -0.320. The van der Waals surface area contributed by atoms with Crippen molar-refractivity contribution in [1.29, 1.82) is 0 Å². The highest BCUT2D eigenvalue weighted by molar-refractivity contribution is 5.85. The molecule has 1 aliphatic heterocycles. The molecule has 0 aromatic carbocycles. The summed E-state index contributed by atoms with van der Waals surface area (Å²) in [6, 6.07) is 0. The fourth-order valence-electron chi connectivity index (χ4n) is 2.62. The molecule has 114 valence electrons. The van der Waals surface area contributed by atoms with E-state index in [0.717, 1.165) is 45.4 Å². The number of nitrogens with zero attached hydrogens (tertiary/aromatic N) is 2. The largest absolute Gasteiger partial charge is 0.342 e. The monoisotopic (exact) mass is 291 g/mol. The van der Waals surface area contributed by atoms with Crippen molar-refractivity contribution in [2.75, 3.05) is 39.3 Å². The lowest BCUT2D eigenvalue weighted by atomic mass is 9.90. The SMILES string of the molecule is CCCN(CCC)C(=O)CN1CCC(C)(CN)C1.Cl. The van der Waals surface area contributed by atoms with E-state index in [1.165, 1.54) is 0 Å². The summed E-state index contributed by atoms with van der Waals surface area (Å²) in [5, 5.41) is 0. The van der Waals surface area contributed by atoms with Crippen LogP contribution in [0.4, 0.5) is 0 Å². The van der Waals surface area contributed by atoms with Gasteiger partial charge < -0.3 is 10.6 Å². The van der Waals surface area contributed by atoms with Crippen LogP contribution in [0.15, 0.2) is 0 Å². The van der Waals surface area contributed by atoms with Crippen molar-refractivity contribution in [2.45, 2.75) is 40.0 Å². The number of hydrogen-bond acceptors (Lipinski definition) is 3. The minimum Gasteiger partial charge on any atom is -0.342 e. The van der Waals surface area contributed by atoms with Crippen LogP contribution in [-0.2, 0) is 4.79 Å². The lowest BCUT2D eigenvalue weighted by Crippen LogP contribution is -2.41. The smallest absolute Gasteiger partial charge is 0.236 e. The van der Waals surface area contributed by atoms with Crippen LogP contribution in [0.2, 0.25) is 0 Å². The van der Waals surface area contributed by atoms with Gasteiger partial charge in [0.25, 0.3) is 0 Å². The number of rotatable bonds is 7. The molecule has 0 bridgehead atoms. The average molecular weight is 292 g/mol. The Labute approximate surface area is 124 Å². The Kier molecular flexibility index (Phi) is 8.62. The molecule has 19 heavy (non-hydrogen) atoms. The Morgan fingerprint density at radius 2 is 1.89 bits per heavy atom. The van der Waals surface area contributed by atoms with Gasteiger partial charge in [-0.2, -0.15) is 0 Å². The number of likely N-dealkylation sites (tertiary alicyclic amines) is 1. The van der Waals surface area contributed by atoms with Gasteiger partial charge in [0.2, 0.25) is 5.91 Å². The first-order chi connectivity index (χ1) is 8.54. The van der Waals surface area contributed by atoms with E-state index in [4.69, 9.17) is 5.73 Å². The number of halogens is 1. The van der Waals surface area contributed by atoms with Crippen LogP contribution in [-0.4, -0.2) is 55.0 Å². The molecule has 1 amide bonds. The van der Waals surface area contributed by atoms with Gasteiger partial charge in [0.15, 0.2) is 0 Å². The molecule has 1 fully saturated rings. The molecule has 0 aliphatic carbocycles. The van der Waals surface area contributed by atoms with Crippen LogP contribution in [0, 0.1) is 5.41 Å². The molecule has 5 heteroatoms. The first kappa shape index (κ1) is 18.7. The highest BCUT2D eigenvalue weighted by Crippen LogP contribution is 2.28. The van der Waals surface area contributed by atoms with Crippen LogP contribution in [0.3, 0.4) is 0 Å². The summed E-state index contributed by atoms with van der Waals surface area (Å²) in [7, 11) is 0. The minimum absolute atomic E-state index is 0. The molecule has 0 radical (unpaired) electrons. The number of carbonyl (C=O) groups is 1. The zero-order valence-electron chi connectivity index (χ0n) is 12.7. The second kappa shape index (κ2) is 8.77. The van der Waals surface area contributed by atoms with Gasteiger partial charge in [-0.05, 0) is 37.8 Å². The third-order valence-electron chi connectivity index (χ3n) is 3.83. The predicted octanol–water partition coefficient (Wildman–Crippen LogP) is 1.73. The van der Waals surface area contributed by atoms with E-state index in [-0.39, 0.29) is 23.7 Å². The van der Waals surface area contributed by atoms with Crippen LogP contribution in [0.1, 0.15) is 40.0 Å². The van der Waals surface area contributed by atoms with Gasteiger partial charge in [-0.15, -0.1) is 12.4 Å². The maximum atomic E-state index is 12.2. The third kappa shape index (κ3) is 5.67. The predicted molar refractivity (Wildman–Crippen MR) is 82.6 cm³/mol.